The molecule has 0 fully saturated rings. The number of benzene rings is 1. The third-order valence-electron chi connectivity index (χ3n) is 4.93. The molecular weight excluding hydrogens is 359 g/mol. The number of ketones is 1. The maximum atomic E-state index is 14.5. The Morgan fingerprint density at radius 3 is 2.70 bits per heavy atom. The maximum Gasteiger partial charge on any atom is 0.195 e. The third-order valence-corrected chi connectivity index (χ3v) is 4.93. The summed E-state index contributed by atoms with van der Waals surface area (Å²) in [6.07, 6.45) is 1.15. The van der Waals surface area contributed by atoms with Crippen molar-refractivity contribution in [3.05, 3.63) is 53.0 Å². The summed E-state index contributed by atoms with van der Waals surface area (Å²) in [5.74, 6) is -0.923. The molecule has 0 saturated heterocycles. The number of rotatable bonds is 5. The monoisotopic (exact) mass is 379 g/mol. The second-order valence-electron chi connectivity index (χ2n) is 7.04. The number of halogens is 3. The number of aliphatic imine (C=N–C) groups is 1. The van der Waals surface area contributed by atoms with Crippen LogP contribution in [0.4, 0.5) is 13.2 Å². The average molecular weight is 379 g/mol. The molecule has 0 bridgehead atoms. The van der Waals surface area contributed by atoms with Crippen molar-refractivity contribution in [1.29, 1.82) is 0 Å². The van der Waals surface area contributed by atoms with Crippen molar-refractivity contribution in [3.63, 3.8) is 0 Å². The van der Waals surface area contributed by atoms with Gasteiger partial charge in [-0.15, -0.1) is 0 Å². The van der Waals surface area contributed by atoms with E-state index in [4.69, 9.17) is 10.2 Å². The first-order chi connectivity index (χ1) is 12.7. The Hall–Kier alpha value is -2.64. The lowest BCUT2D eigenvalue weighted by Crippen LogP contribution is -2.48. The molecule has 0 amide bonds. The Labute approximate surface area is 154 Å². The van der Waals surface area contributed by atoms with Crippen molar-refractivity contribution >= 4 is 11.6 Å². The van der Waals surface area contributed by atoms with Crippen molar-refractivity contribution < 1.29 is 22.4 Å². The van der Waals surface area contributed by atoms with Gasteiger partial charge in [0.25, 0.3) is 0 Å². The van der Waals surface area contributed by atoms with E-state index in [1.807, 2.05) is 0 Å². The third kappa shape index (κ3) is 3.61. The first-order valence-electron chi connectivity index (χ1n) is 8.52. The highest BCUT2D eigenvalue weighted by molar-refractivity contribution is 5.95. The van der Waals surface area contributed by atoms with Crippen LogP contribution in [0, 0.1) is 12.7 Å². The van der Waals surface area contributed by atoms with E-state index in [0.717, 1.165) is 0 Å². The number of carbonyl (C=O) groups excluding carboxylic acids is 1. The number of carbonyl (C=O) groups is 1. The number of aromatic nitrogens is 1. The minimum absolute atomic E-state index is 0.00788. The summed E-state index contributed by atoms with van der Waals surface area (Å²) in [5.41, 5.74) is 3.10. The molecule has 1 aliphatic rings. The van der Waals surface area contributed by atoms with Crippen LogP contribution < -0.4 is 5.73 Å². The average Bonchev–Trinajstić information content (AvgIpc) is 3.07. The first-order valence-corrected chi connectivity index (χ1v) is 8.52. The zero-order valence-corrected chi connectivity index (χ0v) is 15.1. The van der Waals surface area contributed by atoms with E-state index < -0.39 is 29.5 Å². The lowest BCUT2D eigenvalue weighted by Gasteiger charge is -2.36. The van der Waals surface area contributed by atoms with Crippen LogP contribution in [0.3, 0.4) is 0 Å². The summed E-state index contributed by atoms with van der Waals surface area (Å²) < 4.78 is 46.8. The van der Waals surface area contributed by atoms with E-state index in [1.165, 1.54) is 24.5 Å². The van der Waals surface area contributed by atoms with Crippen LogP contribution in [0.2, 0.25) is 0 Å². The number of alkyl halides is 2. The van der Waals surface area contributed by atoms with Crippen LogP contribution in [0.25, 0.3) is 0 Å². The van der Waals surface area contributed by atoms with Crippen molar-refractivity contribution in [2.24, 2.45) is 10.7 Å². The molecule has 1 aliphatic heterocycles. The molecule has 144 valence electrons. The van der Waals surface area contributed by atoms with Crippen LogP contribution >= 0.6 is 0 Å². The van der Waals surface area contributed by atoms with Gasteiger partial charge in [-0.2, -0.15) is 0 Å². The summed E-state index contributed by atoms with van der Waals surface area (Å²) in [7, 11) is 0. The predicted molar refractivity (Wildman–Crippen MR) is 93.7 cm³/mol. The van der Waals surface area contributed by atoms with Gasteiger partial charge in [0.1, 0.15) is 30.3 Å². The fourth-order valence-corrected chi connectivity index (χ4v) is 3.18. The van der Waals surface area contributed by atoms with Crippen molar-refractivity contribution in [3.8, 4) is 0 Å². The molecule has 2 N–H and O–H groups in total. The predicted octanol–water partition coefficient (Wildman–Crippen LogP) is 3.59. The molecule has 27 heavy (non-hydrogen) atoms. The van der Waals surface area contributed by atoms with Gasteiger partial charge in [0.2, 0.25) is 0 Å². The highest BCUT2D eigenvalue weighted by Gasteiger charge is 2.44. The first kappa shape index (κ1) is 19.1. The zero-order chi connectivity index (χ0) is 19.8. The molecule has 0 unspecified atom stereocenters. The fraction of sp³-hybridized carbons (Fsp3) is 0.421. The molecule has 0 spiro atoms. The highest BCUT2D eigenvalue weighted by Crippen LogP contribution is 2.40. The molecular formula is C19H20F3N3O2. The number of hydrogen-bond acceptors (Lipinski definition) is 5. The van der Waals surface area contributed by atoms with Gasteiger partial charge in [0.15, 0.2) is 17.3 Å². The van der Waals surface area contributed by atoms with E-state index in [1.54, 1.807) is 13.8 Å². The van der Waals surface area contributed by atoms with Crippen molar-refractivity contribution in [2.45, 2.75) is 44.3 Å². The second-order valence-corrected chi connectivity index (χ2v) is 7.04. The van der Waals surface area contributed by atoms with Gasteiger partial charge in [0.05, 0.1) is 5.54 Å². The van der Waals surface area contributed by atoms with E-state index in [0.29, 0.717) is 11.5 Å². The lowest BCUT2D eigenvalue weighted by atomic mass is 9.80. The minimum atomic E-state index is -2.31. The molecule has 3 rings (SSSR count). The van der Waals surface area contributed by atoms with Crippen LogP contribution in [0.15, 0.2) is 33.9 Å². The summed E-state index contributed by atoms with van der Waals surface area (Å²) in [6.45, 7) is 1.97. The van der Waals surface area contributed by atoms with Gasteiger partial charge in [0, 0.05) is 18.9 Å². The fourth-order valence-electron chi connectivity index (χ4n) is 3.18. The largest absolute Gasteiger partial charge is 0.449 e. The molecule has 1 aromatic carbocycles. The van der Waals surface area contributed by atoms with Gasteiger partial charge in [-0.3, -0.25) is 9.79 Å². The Morgan fingerprint density at radius 2 is 2.11 bits per heavy atom. The zero-order valence-electron chi connectivity index (χ0n) is 15.1. The Kier molecular flexibility index (Phi) is 4.84. The second kappa shape index (κ2) is 6.83. The summed E-state index contributed by atoms with van der Waals surface area (Å²) in [4.78, 5) is 20.4. The van der Waals surface area contributed by atoms with Gasteiger partial charge >= 0.3 is 0 Å². The number of nitrogens with two attached hydrogens (primary N) is 1. The van der Waals surface area contributed by atoms with Crippen LogP contribution in [-0.4, -0.2) is 28.9 Å². The normalized spacial score (nSPS) is 25.3. The molecule has 8 heteroatoms. The summed E-state index contributed by atoms with van der Waals surface area (Å²) in [5, 5.41) is 0. The van der Waals surface area contributed by atoms with E-state index >= 15 is 0 Å². The summed E-state index contributed by atoms with van der Waals surface area (Å²) >= 11 is 0. The Bertz CT molecular complexity index is 911. The molecule has 5 nitrogen and oxygen atoms in total. The number of hydrogen-bond donors (Lipinski definition) is 1. The number of Topliss-reactive ketones (excluding diaryl/α,β-unsaturated/α-hetero) is 1. The molecule has 2 aromatic rings. The number of oxazole rings is 1. The molecule has 0 aliphatic carbocycles. The minimum Gasteiger partial charge on any atom is -0.449 e. The quantitative estimate of drug-likeness (QED) is 0.805. The topological polar surface area (TPSA) is 81.5 Å². The van der Waals surface area contributed by atoms with Crippen LogP contribution in [-0.2, 0) is 12.0 Å². The van der Waals surface area contributed by atoms with Gasteiger partial charge in [-0.25, -0.2) is 18.2 Å². The standard InChI is InChI=1S/C19H20F3N3O2/c1-11-24-15(9-27-11)16(26)8-12-3-4-14(21)13(7-12)18(2)5-6-19(22,10-20)17(23)25-18/h3-4,7,9H,5-6,8,10H2,1-2H3,(H2,23,25)/t18-,19+/m0/s1. The molecule has 0 radical (unpaired) electrons. The number of amidine groups is 1. The van der Waals surface area contributed by atoms with E-state index in [9.17, 15) is 18.0 Å². The van der Waals surface area contributed by atoms with Gasteiger partial charge in [-0.1, -0.05) is 6.07 Å². The lowest BCUT2D eigenvalue weighted by molar-refractivity contribution is 0.0988. The molecule has 2 heterocycles. The smallest absolute Gasteiger partial charge is 0.195 e. The highest BCUT2D eigenvalue weighted by atomic mass is 19.2. The van der Waals surface area contributed by atoms with Crippen LogP contribution in [0.5, 0.6) is 0 Å². The van der Waals surface area contributed by atoms with E-state index in [-0.39, 0.29) is 36.3 Å². The van der Waals surface area contributed by atoms with Gasteiger partial charge in [-0.05, 0) is 37.5 Å². The molecule has 2 atom stereocenters. The van der Waals surface area contributed by atoms with Crippen molar-refractivity contribution in [1.82, 2.24) is 4.98 Å². The SMILES string of the molecule is Cc1nc(C(=O)Cc2ccc(F)c([C@]3(C)CC[C@@](F)(CF)C(N)=N3)c2)co1. The number of aryl methyl sites for hydroxylation is 1. The molecule has 1 aromatic heterocycles. The van der Waals surface area contributed by atoms with Crippen molar-refractivity contribution in [2.75, 3.05) is 6.67 Å². The van der Waals surface area contributed by atoms with E-state index in [2.05, 4.69) is 9.98 Å². The molecule has 0 saturated carbocycles. The summed E-state index contributed by atoms with van der Waals surface area (Å²) in [6, 6.07) is 4.23. The number of nitrogens with zero attached hydrogens (tertiary/aromatic N) is 2. The maximum absolute atomic E-state index is 14.5. The Morgan fingerprint density at radius 1 is 1.37 bits per heavy atom. The van der Waals surface area contributed by atoms with Gasteiger partial charge < -0.3 is 10.2 Å². The Balaban J connectivity index is 1.91. The van der Waals surface area contributed by atoms with Crippen LogP contribution in [0.1, 0.15) is 47.3 Å².